The summed E-state index contributed by atoms with van der Waals surface area (Å²) in [7, 11) is 0. The number of thiophene rings is 1. The second-order valence-corrected chi connectivity index (χ2v) is 7.03. The number of carbonyl (C=O) groups excluding carboxylic acids is 2. The Hall–Kier alpha value is -1.89. The van der Waals surface area contributed by atoms with Crippen molar-refractivity contribution in [2.75, 3.05) is 10.6 Å². The first-order chi connectivity index (χ1) is 11.6. The number of hydrogen-bond donors (Lipinski definition) is 3. The molecule has 1 aromatic heterocycles. The van der Waals surface area contributed by atoms with Crippen LogP contribution >= 0.6 is 23.7 Å². The lowest BCUT2D eigenvalue weighted by Gasteiger charge is -2.16. The van der Waals surface area contributed by atoms with Crippen molar-refractivity contribution in [3.05, 3.63) is 46.7 Å². The van der Waals surface area contributed by atoms with E-state index in [1.54, 1.807) is 18.2 Å². The number of benzene rings is 1. The molecule has 0 radical (unpaired) electrons. The molecule has 0 saturated heterocycles. The average molecular weight is 380 g/mol. The molecule has 1 aliphatic rings. The Morgan fingerprint density at radius 1 is 1.08 bits per heavy atom. The van der Waals surface area contributed by atoms with E-state index in [4.69, 9.17) is 5.73 Å². The minimum Gasteiger partial charge on any atom is -0.327 e. The number of nitrogens with one attached hydrogen (secondary N) is 2. The van der Waals surface area contributed by atoms with Gasteiger partial charge < -0.3 is 16.4 Å². The highest BCUT2D eigenvalue weighted by Crippen LogP contribution is 2.28. The van der Waals surface area contributed by atoms with Gasteiger partial charge in [-0.05, 0) is 42.3 Å². The van der Waals surface area contributed by atoms with Gasteiger partial charge in [-0.2, -0.15) is 0 Å². The molecule has 7 heteroatoms. The Labute approximate surface area is 157 Å². The molecule has 1 fully saturated rings. The molecular formula is C18H22ClN3O2S. The van der Waals surface area contributed by atoms with E-state index >= 15 is 0 Å². The molecule has 4 N–H and O–H groups in total. The minimum atomic E-state index is -0.176. The van der Waals surface area contributed by atoms with E-state index in [0.29, 0.717) is 22.7 Å². The summed E-state index contributed by atoms with van der Waals surface area (Å²) in [6.07, 6.45) is 3.51. The molecule has 0 bridgehead atoms. The van der Waals surface area contributed by atoms with Gasteiger partial charge in [-0.1, -0.05) is 24.6 Å². The smallest absolute Gasteiger partial charge is 0.265 e. The molecule has 1 heterocycles. The van der Waals surface area contributed by atoms with Crippen LogP contribution in [0.3, 0.4) is 0 Å². The highest BCUT2D eigenvalue weighted by Gasteiger charge is 2.26. The van der Waals surface area contributed by atoms with Gasteiger partial charge in [-0.15, -0.1) is 23.7 Å². The summed E-state index contributed by atoms with van der Waals surface area (Å²) >= 11 is 1.38. The average Bonchev–Trinajstić information content (AvgIpc) is 3.22. The highest BCUT2D eigenvalue weighted by molar-refractivity contribution is 7.12. The Morgan fingerprint density at radius 3 is 2.40 bits per heavy atom. The zero-order valence-corrected chi connectivity index (χ0v) is 15.4. The number of amides is 2. The topological polar surface area (TPSA) is 84.2 Å². The Bertz CT molecular complexity index is 721. The van der Waals surface area contributed by atoms with E-state index in [0.717, 1.165) is 19.3 Å². The van der Waals surface area contributed by atoms with Gasteiger partial charge >= 0.3 is 0 Å². The van der Waals surface area contributed by atoms with E-state index in [-0.39, 0.29) is 36.2 Å². The quantitative estimate of drug-likeness (QED) is 0.737. The second kappa shape index (κ2) is 8.99. The lowest BCUT2D eigenvalue weighted by molar-refractivity contribution is -0.117. The number of carbonyl (C=O) groups is 2. The third-order valence-corrected chi connectivity index (χ3v) is 5.23. The van der Waals surface area contributed by atoms with Crippen LogP contribution in [0.25, 0.3) is 0 Å². The summed E-state index contributed by atoms with van der Waals surface area (Å²) in [5.74, 6) is 0.0116. The summed E-state index contributed by atoms with van der Waals surface area (Å²) in [4.78, 5) is 25.1. The maximum atomic E-state index is 12.3. The number of hydrogen-bond acceptors (Lipinski definition) is 4. The molecule has 134 valence electrons. The van der Waals surface area contributed by atoms with Crippen molar-refractivity contribution < 1.29 is 9.59 Å². The molecule has 1 saturated carbocycles. The summed E-state index contributed by atoms with van der Waals surface area (Å²) in [6.45, 7) is 0. The van der Waals surface area contributed by atoms with Gasteiger partial charge in [-0.25, -0.2) is 0 Å². The van der Waals surface area contributed by atoms with Crippen LogP contribution in [0.4, 0.5) is 11.4 Å². The van der Waals surface area contributed by atoms with Crippen molar-refractivity contribution in [1.82, 2.24) is 0 Å². The van der Waals surface area contributed by atoms with Gasteiger partial charge in [-0.3, -0.25) is 9.59 Å². The maximum absolute atomic E-state index is 12.3. The van der Waals surface area contributed by atoms with E-state index in [1.807, 2.05) is 23.6 Å². The third-order valence-electron chi connectivity index (χ3n) is 4.36. The van der Waals surface area contributed by atoms with Crippen molar-refractivity contribution in [2.24, 2.45) is 11.7 Å². The zero-order chi connectivity index (χ0) is 16.9. The number of nitrogens with two attached hydrogens (primary N) is 1. The van der Waals surface area contributed by atoms with Crippen LogP contribution < -0.4 is 16.4 Å². The first-order valence-electron chi connectivity index (χ1n) is 8.13. The zero-order valence-electron chi connectivity index (χ0n) is 13.7. The van der Waals surface area contributed by atoms with Crippen LogP contribution in [-0.4, -0.2) is 17.9 Å². The fraction of sp³-hybridized carbons (Fsp3) is 0.333. The second-order valence-electron chi connectivity index (χ2n) is 6.08. The van der Waals surface area contributed by atoms with Gasteiger partial charge in [0.1, 0.15) is 0 Å². The first-order valence-corrected chi connectivity index (χ1v) is 9.01. The van der Waals surface area contributed by atoms with E-state index < -0.39 is 0 Å². The largest absolute Gasteiger partial charge is 0.327 e. The predicted octanol–water partition coefficient (Wildman–Crippen LogP) is 3.88. The molecule has 3 rings (SSSR count). The molecule has 25 heavy (non-hydrogen) atoms. The van der Waals surface area contributed by atoms with Crippen LogP contribution in [0, 0.1) is 5.92 Å². The number of para-hydroxylation sites is 2. The van der Waals surface area contributed by atoms with Crippen LogP contribution in [0.15, 0.2) is 41.8 Å². The third kappa shape index (κ3) is 5.04. The molecule has 0 aliphatic heterocycles. The summed E-state index contributed by atoms with van der Waals surface area (Å²) in [6, 6.07) is 10.9. The molecule has 2 amide bonds. The molecule has 0 unspecified atom stereocenters. The SMILES string of the molecule is Cl.N[C@@H]1CCC[C@H]1CC(=O)Nc1ccccc1NC(=O)c1cccs1. The minimum absolute atomic E-state index is 0. The van der Waals surface area contributed by atoms with E-state index in [2.05, 4.69) is 10.6 Å². The lowest BCUT2D eigenvalue weighted by Crippen LogP contribution is -2.28. The normalized spacial score (nSPS) is 19.1. The summed E-state index contributed by atoms with van der Waals surface area (Å²) < 4.78 is 0. The van der Waals surface area contributed by atoms with Crippen LogP contribution in [0.1, 0.15) is 35.4 Å². The highest BCUT2D eigenvalue weighted by atomic mass is 35.5. The molecule has 2 aromatic rings. The molecule has 5 nitrogen and oxygen atoms in total. The lowest BCUT2D eigenvalue weighted by atomic mass is 10.00. The van der Waals surface area contributed by atoms with Gasteiger partial charge in [0.15, 0.2) is 0 Å². The fourth-order valence-electron chi connectivity index (χ4n) is 3.05. The maximum Gasteiger partial charge on any atom is 0.265 e. The Morgan fingerprint density at radius 2 is 1.80 bits per heavy atom. The van der Waals surface area contributed by atoms with E-state index in [1.165, 1.54) is 11.3 Å². The fourth-order valence-corrected chi connectivity index (χ4v) is 3.67. The Kier molecular flexibility index (Phi) is 6.99. The van der Waals surface area contributed by atoms with Gasteiger partial charge in [0, 0.05) is 12.5 Å². The first kappa shape index (κ1) is 19.4. The summed E-state index contributed by atoms with van der Waals surface area (Å²) in [5, 5.41) is 7.61. The van der Waals surface area contributed by atoms with Crippen LogP contribution in [-0.2, 0) is 4.79 Å². The van der Waals surface area contributed by atoms with E-state index in [9.17, 15) is 9.59 Å². The van der Waals surface area contributed by atoms with Crippen molar-refractivity contribution in [3.8, 4) is 0 Å². The number of anilines is 2. The van der Waals surface area contributed by atoms with Crippen molar-refractivity contribution >= 4 is 46.9 Å². The molecule has 2 atom stereocenters. The van der Waals surface area contributed by atoms with Gasteiger partial charge in [0.25, 0.3) is 5.91 Å². The van der Waals surface area contributed by atoms with Crippen molar-refractivity contribution in [3.63, 3.8) is 0 Å². The van der Waals surface area contributed by atoms with Gasteiger partial charge in [0.05, 0.1) is 16.3 Å². The number of halogens is 1. The van der Waals surface area contributed by atoms with Crippen molar-refractivity contribution in [1.29, 1.82) is 0 Å². The summed E-state index contributed by atoms with van der Waals surface area (Å²) in [5.41, 5.74) is 7.24. The monoisotopic (exact) mass is 379 g/mol. The van der Waals surface area contributed by atoms with Crippen molar-refractivity contribution in [2.45, 2.75) is 31.7 Å². The van der Waals surface area contributed by atoms with Crippen LogP contribution in [0.5, 0.6) is 0 Å². The molecule has 1 aliphatic carbocycles. The predicted molar refractivity (Wildman–Crippen MR) is 105 cm³/mol. The molecule has 0 spiro atoms. The molecule has 1 aromatic carbocycles. The standard InChI is InChI=1S/C18H21N3O2S.ClH/c19-13-6-3-5-12(13)11-17(22)20-14-7-1-2-8-15(14)21-18(23)16-9-4-10-24-16;/h1-2,4,7-10,12-13H,3,5-6,11,19H2,(H,20,22)(H,21,23);1H/t12-,13+;/m0./s1. The van der Waals surface area contributed by atoms with Gasteiger partial charge in [0.2, 0.25) is 5.91 Å². The van der Waals surface area contributed by atoms with Crippen LogP contribution in [0.2, 0.25) is 0 Å². The number of rotatable bonds is 5. The molecular weight excluding hydrogens is 358 g/mol. The Balaban J connectivity index is 0.00000225.